The molecule has 8 heteroatoms. The van der Waals surface area contributed by atoms with Crippen molar-refractivity contribution in [2.45, 2.75) is 42.5 Å². The van der Waals surface area contributed by atoms with Crippen molar-refractivity contribution in [2.75, 3.05) is 13.1 Å². The Labute approximate surface area is 181 Å². The average molecular weight is 441 g/mol. The number of ketones is 1. The van der Waals surface area contributed by atoms with Gasteiger partial charge in [0.1, 0.15) is 0 Å². The van der Waals surface area contributed by atoms with E-state index in [0.29, 0.717) is 25.9 Å². The maximum Gasteiger partial charge on any atom is 0.251 e. The first-order chi connectivity index (χ1) is 14.7. The number of sulfone groups is 1. The number of nitrogens with one attached hydrogen (secondary N) is 1. The summed E-state index contributed by atoms with van der Waals surface area (Å²) in [6.45, 7) is 4.88. The molecule has 0 atom stereocenters. The first-order valence-electron chi connectivity index (χ1n) is 10.3. The van der Waals surface area contributed by atoms with Crippen LogP contribution >= 0.6 is 0 Å². The molecule has 31 heavy (non-hydrogen) atoms. The molecular formula is C23H24N2O5S. The Hall–Kier alpha value is -3.00. The van der Waals surface area contributed by atoms with Gasteiger partial charge < -0.3 is 10.2 Å². The molecule has 4 rings (SSSR count). The van der Waals surface area contributed by atoms with Gasteiger partial charge in [-0.25, -0.2) is 8.42 Å². The summed E-state index contributed by atoms with van der Waals surface area (Å²) < 4.78 is 26.1. The fourth-order valence-corrected chi connectivity index (χ4v) is 5.78. The number of amides is 2. The van der Waals surface area contributed by atoms with Crippen molar-refractivity contribution in [3.05, 3.63) is 59.2 Å². The monoisotopic (exact) mass is 440 g/mol. The molecule has 0 spiro atoms. The van der Waals surface area contributed by atoms with E-state index in [2.05, 4.69) is 5.32 Å². The van der Waals surface area contributed by atoms with Crippen LogP contribution in [0, 0.1) is 5.92 Å². The fourth-order valence-electron chi connectivity index (χ4n) is 4.10. The van der Waals surface area contributed by atoms with Crippen molar-refractivity contribution in [1.82, 2.24) is 10.2 Å². The second-order valence-corrected chi connectivity index (χ2v) is 10.2. The summed E-state index contributed by atoms with van der Waals surface area (Å²) >= 11 is 0. The molecule has 162 valence electrons. The largest absolute Gasteiger partial charge is 0.349 e. The molecule has 2 heterocycles. The number of hydrogen-bond acceptors (Lipinski definition) is 5. The van der Waals surface area contributed by atoms with E-state index in [4.69, 9.17) is 0 Å². The smallest absolute Gasteiger partial charge is 0.251 e. The van der Waals surface area contributed by atoms with Crippen molar-refractivity contribution in [1.29, 1.82) is 0 Å². The molecule has 1 N–H and O–H groups in total. The highest BCUT2D eigenvalue weighted by Crippen LogP contribution is 2.34. The summed E-state index contributed by atoms with van der Waals surface area (Å²) in [5.41, 5.74) is 0.417. The predicted octanol–water partition coefficient (Wildman–Crippen LogP) is 2.44. The van der Waals surface area contributed by atoms with Gasteiger partial charge in [0.25, 0.3) is 5.91 Å². The van der Waals surface area contributed by atoms with Crippen LogP contribution < -0.4 is 5.32 Å². The van der Waals surface area contributed by atoms with Gasteiger partial charge >= 0.3 is 0 Å². The molecule has 0 saturated carbocycles. The Balaban J connectivity index is 1.52. The van der Waals surface area contributed by atoms with Crippen LogP contribution in [-0.4, -0.2) is 50.0 Å². The van der Waals surface area contributed by atoms with Crippen LogP contribution in [0.4, 0.5) is 0 Å². The van der Waals surface area contributed by atoms with Crippen LogP contribution in [0.5, 0.6) is 0 Å². The predicted molar refractivity (Wildman–Crippen MR) is 114 cm³/mol. The first-order valence-corrected chi connectivity index (χ1v) is 11.8. The lowest BCUT2D eigenvalue weighted by Gasteiger charge is -2.33. The maximum atomic E-state index is 13.0. The van der Waals surface area contributed by atoms with Gasteiger partial charge in [0.2, 0.25) is 15.7 Å². The zero-order chi connectivity index (χ0) is 22.3. The Bertz CT molecular complexity index is 1180. The van der Waals surface area contributed by atoms with Gasteiger partial charge in [-0.1, -0.05) is 26.0 Å². The minimum atomic E-state index is -3.89. The molecule has 0 unspecified atom stereocenters. The van der Waals surface area contributed by atoms with Crippen molar-refractivity contribution in [3.63, 3.8) is 0 Å². The van der Waals surface area contributed by atoms with Crippen LogP contribution in [0.2, 0.25) is 0 Å². The van der Waals surface area contributed by atoms with Gasteiger partial charge in [-0.15, -0.1) is 0 Å². The zero-order valence-corrected chi connectivity index (χ0v) is 18.2. The molecular weight excluding hydrogens is 416 g/mol. The second kappa shape index (κ2) is 7.92. The molecule has 7 nitrogen and oxygen atoms in total. The van der Waals surface area contributed by atoms with E-state index in [1.54, 1.807) is 12.1 Å². The first kappa shape index (κ1) is 21.2. The molecule has 2 aromatic carbocycles. The van der Waals surface area contributed by atoms with Crippen LogP contribution in [0.1, 0.15) is 53.0 Å². The van der Waals surface area contributed by atoms with Gasteiger partial charge in [-0.05, 0) is 43.2 Å². The quantitative estimate of drug-likeness (QED) is 0.674. The number of likely N-dealkylation sites (tertiary alicyclic amines) is 1. The summed E-state index contributed by atoms with van der Waals surface area (Å²) in [6.07, 6.45) is 1.28. The third kappa shape index (κ3) is 3.76. The zero-order valence-electron chi connectivity index (χ0n) is 17.4. The van der Waals surface area contributed by atoms with Crippen molar-refractivity contribution in [3.8, 4) is 0 Å². The number of carbonyl (C=O) groups excluding carboxylic acids is 3. The summed E-state index contributed by atoms with van der Waals surface area (Å²) in [5.74, 6) is -0.710. The minimum Gasteiger partial charge on any atom is -0.349 e. The maximum absolute atomic E-state index is 13.0. The molecule has 0 aromatic heterocycles. The Morgan fingerprint density at radius 2 is 1.65 bits per heavy atom. The molecule has 0 bridgehead atoms. The topological polar surface area (TPSA) is 101 Å². The molecule has 1 saturated heterocycles. The highest BCUT2D eigenvalue weighted by Gasteiger charge is 2.35. The number of nitrogens with zero attached hydrogens (tertiary/aromatic N) is 1. The number of fused-ring (bicyclic) bond motifs is 2. The highest BCUT2D eigenvalue weighted by molar-refractivity contribution is 7.91. The third-order valence-electron chi connectivity index (χ3n) is 5.83. The van der Waals surface area contributed by atoms with Gasteiger partial charge in [-0.3, -0.25) is 14.4 Å². The van der Waals surface area contributed by atoms with Gasteiger partial charge in [0.05, 0.1) is 9.79 Å². The summed E-state index contributed by atoms with van der Waals surface area (Å²) in [5, 5.41) is 2.93. The van der Waals surface area contributed by atoms with Crippen molar-refractivity contribution >= 4 is 27.4 Å². The number of piperidine rings is 1. The molecule has 1 fully saturated rings. The lowest BCUT2D eigenvalue weighted by atomic mass is 10.00. The average Bonchev–Trinajstić information content (AvgIpc) is 2.77. The summed E-state index contributed by atoms with van der Waals surface area (Å²) in [4.78, 5) is 39.3. The van der Waals surface area contributed by atoms with Gasteiger partial charge in [0, 0.05) is 41.7 Å². The van der Waals surface area contributed by atoms with E-state index < -0.39 is 15.7 Å². The van der Waals surface area contributed by atoms with E-state index in [9.17, 15) is 22.8 Å². The van der Waals surface area contributed by atoms with E-state index in [-0.39, 0.29) is 50.1 Å². The molecule has 0 aliphatic carbocycles. The Morgan fingerprint density at radius 3 is 2.32 bits per heavy atom. The second-order valence-electron chi connectivity index (χ2n) is 8.27. The van der Waals surface area contributed by atoms with Crippen LogP contribution in [0.25, 0.3) is 0 Å². The summed E-state index contributed by atoms with van der Waals surface area (Å²) in [6, 6.07) is 10.2. The standard InChI is InChI=1S/C23H24N2O5S/c1-14(2)23(28)25-11-9-16(10-12-25)24-22(27)15-7-8-18-20(13-15)31(29,30)19-6-4-3-5-17(19)21(18)26/h3-8,13-14,16H,9-12H2,1-2H3,(H,24,27). The molecule has 2 aromatic rings. The van der Waals surface area contributed by atoms with Crippen LogP contribution in [0.3, 0.4) is 0 Å². The SMILES string of the molecule is CC(C)C(=O)N1CCC(NC(=O)c2ccc3c(c2)S(=O)(=O)c2ccccc2C3=O)CC1. The Kier molecular flexibility index (Phi) is 5.43. The third-order valence-corrected chi connectivity index (χ3v) is 7.69. The summed E-state index contributed by atoms with van der Waals surface area (Å²) in [7, 11) is -3.89. The van der Waals surface area contributed by atoms with Crippen molar-refractivity contribution < 1.29 is 22.8 Å². The minimum absolute atomic E-state index is 0.0350. The van der Waals surface area contributed by atoms with Gasteiger partial charge in [0.15, 0.2) is 5.78 Å². The molecule has 0 radical (unpaired) electrons. The Morgan fingerprint density at radius 1 is 1.00 bits per heavy atom. The van der Waals surface area contributed by atoms with Crippen LogP contribution in [-0.2, 0) is 14.6 Å². The van der Waals surface area contributed by atoms with Gasteiger partial charge in [-0.2, -0.15) is 0 Å². The molecule has 2 aliphatic heterocycles. The van der Waals surface area contributed by atoms with Crippen molar-refractivity contribution in [2.24, 2.45) is 5.92 Å². The van der Waals surface area contributed by atoms with E-state index in [1.165, 1.54) is 30.3 Å². The lowest BCUT2D eigenvalue weighted by Crippen LogP contribution is -2.47. The molecule has 2 amide bonds. The van der Waals surface area contributed by atoms with E-state index >= 15 is 0 Å². The number of rotatable bonds is 3. The normalized spacial score (nSPS) is 17.8. The molecule has 2 aliphatic rings. The number of carbonyl (C=O) groups is 3. The highest BCUT2D eigenvalue weighted by atomic mass is 32.2. The van der Waals surface area contributed by atoms with Crippen LogP contribution in [0.15, 0.2) is 52.3 Å². The van der Waals surface area contributed by atoms with E-state index in [1.807, 2.05) is 18.7 Å². The fraction of sp³-hybridized carbons (Fsp3) is 0.348. The lowest BCUT2D eigenvalue weighted by molar-refractivity contribution is -0.135. The van der Waals surface area contributed by atoms with E-state index in [0.717, 1.165) is 0 Å². The number of benzene rings is 2. The number of hydrogen-bond donors (Lipinski definition) is 1.